The molecule has 1 fully saturated rings. The van der Waals surface area contributed by atoms with Crippen molar-refractivity contribution >= 4 is 23.2 Å². The van der Waals surface area contributed by atoms with Crippen LogP contribution in [-0.4, -0.2) is 19.1 Å². The summed E-state index contributed by atoms with van der Waals surface area (Å²) in [4.78, 5) is 12.4. The van der Waals surface area contributed by atoms with Crippen molar-refractivity contribution in [3.8, 4) is 5.75 Å². The molecule has 4 nitrogen and oxygen atoms in total. The average Bonchev–Trinajstić information content (AvgIpc) is 2.86. The number of ether oxygens (including phenoxy) is 2. The molecule has 0 aliphatic carbocycles. The van der Waals surface area contributed by atoms with E-state index in [1.807, 2.05) is 74.5 Å². The van der Waals surface area contributed by atoms with Gasteiger partial charge in [0.15, 0.2) is 6.61 Å². The number of nitrogens with one attached hydrogen (secondary N) is 1. The van der Waals surface area contributed by atoms with Crippen molar-refractivity contribution in [1.29, 1.82) is 0 Å². The first kappa shape index (κ1) is 25.3. The van der Waals surface area contributed by atoms with E-state index in [9.17, 15) is 4.79 Å². The smallest absolute Gasteiger partial charge is 0.262 e. The lowest BCUT2D eigenvalue weighted by molar-refractivity contribution is -0.118. The molecule has 0 radical (unpaired) electrons. The second-order valence-electron chi connectivity index (χ2n) is 9.77. The minimum atomic E-state index is -0.177. The molecule has 1 aliphatic heterocycles. The fourth-order valence-electron chi connectivity index (χ4n) is 4.83. The summed E-state index contributed by atoms with van der Waals surface area (Å²) in [5.74, 6) is 1.63. The molecule has 35 heavy (non-hydrogen) atoms. The van der Waals surface area contributed by atoms with Crippen LogP contribution in [-0.2, 0) is 9.53 Å². The summed E-state index contributed by atoms with van der Waals surface area (Å²) in [6.07, 6.45) is 1.05. The molecule has 184 valence electrons. The van der Waals surface area contributed by atoms with Gasteiger partial charge < -0.3 is 14.8 Å². The molecular formula is C30H34ClNO3. The van der Waals surface area contributed by atoms with Gasteiger partial charge in [0.05, 0.1) is 12.7 Å². The number of halogens is 1. The van der Waals surface area contributed by atoms with Crippen LogP contribution in [0.2, 0.25) is 5.02 Å². The van der Waals surface area contributed by atoms with Crippen LogP contribution in [0, 0.1) is 25.7 Å². The van der Waals surface area contributed by atoms with Gasteiger partial charge in [-0.3, -0.25) is 4.79 Å². The van der Waals surface area contributed by atoms with Gasteiger partial charge >= 0.3 is 0 Å². The summed E-state index contributed by atoms with van der Waals surface area (Å²) >= 11 is 6.47. The molecule has 1 aliphatic rings. The highest BCUT2D eigenvalue weighted by atomic mass is 35.5. The third kappa shape index (κ3) is 6.06. The van der Waals surface area contributed by atoms with Crippen LogP contribution >= 0.6 is 11.6 Å². The normalized spacial score (nSPS) is 20.0. The van der Waals surface area contributed by atoms with Gasteiger partial charge in [0, 0.05) is 16.6 Å². The zero-order chi connectivity index (χ0) is 24.9. The average molecular weight is 492 g/mol. The van der Waals surface area contributed by atoms with E-state index < -0.39 is 0 Å². The van der Waals surface area contributed by atoms with Gasteiger partial charge in [-0.25, -0.2) is 0 Å². The minimum Gasteiger partial charge on any atom is -0.484 e. The van der Waals surface area contributed by atoms with Crippen LogP contribution in [0.25, 0.3) is 0 Å². The van der Waals surface area contributed by atoms with E-state index in [-0.39, 0.29) is 18.6 Å². The molecule has 4 rings (SSSR count). The Kier molecular flexibility index (Phi) is 8.15. The molecule has 0 unspecified atom stereocenters. The summed E-state index contributed by atoms with van der Waals surface area (Å²) in [5.41, 5.74) is 5.32. The Morgan fingerprint density at radius 1 is 1.06 bits per heavy atom. The Hall–Kier alpha value is -2.82. The van der Waals surface area contributed by atoms with Gasteiger partial charge in [-0.15, -0.1) is 0 Å². The number of carbonyl (C=O) groups excluding carboxylic acids is 1. The molecule has 1 heterocycles. The second kappa shape index (κ2) is 11.3. The predicted molar refractivity (Wildman–Crippen MR) is 142 cm³/mol. The summed E-state index contributed by atoms with van der Waals surface area (Å²) < 4.78 is 12.2. The summed E-state index contributed by atoms with van der Waals surface area (Å²) in [7, 11) is 0. The molecule has 1 amide bonds. The monoisotopic (exact) mass is 491 g/mol. The lowest BCUT2D eigenvalue weighted by atomic mass is 9.76. The first-order valence-corrected chi connectivity index (χ1v) is 12.7. The van der Waals surface area contributed by atoms with Crippen molar-refractivity contribution in [3.05, 3.63) is 94.0 Å². The van der Waals surface area contributed by atoms with Gasteiger partial charge in [0.1, 0.15) is 5.75 Å². The number of aryl methyl sites for hydroxylation is 1. The van der Waals surface area contributed by atoms with Crippen molar-refractivity contribution in [2.24, 2.45) is 11.8 Å². The van der Waals surface area contributed by atoms with Gasteiger partial charge in [-0.1, -0.05) is 67.9 Å². The standard InChI is InChI=1S/C30H34ClNO3/c1-19(2)26-16-23(25-9-5-6-10-27(25)31)17-35-30(26)22-12-14-24(15-13-22)34-18-29(33)32-28-11-7-8-20(3)21(28)4/h5-15,19,23,26,30H,16-18H2,1-4H3,(H,32,33)/t23-,26-,30-/m0/s1. The van der Waals surface area contributed by atoms with Crippen molar-refractivity contribution in [2.45, 2.75) is 46.1 Å². The topological polar surface area (TPSA) is 47.6 Å². The summed E-state index contributed by atoms with van der Waals surface area (Å²) in [5, 5.41) is 3.74. The zero-order valence-electron chi connectivity index (χ0n) is 20.9. The van der Waals surface area contributed by atoms with Crippen molar-refractivity contribution in [1.82, 2.24) is 0 Å². The maximum absolute atomic E-state index is 12.4. The second-order valence-corrected chi connectivity index (χ2v) is 10.2. The molecule has 0 bridgehead atoms. The molecule has 5 heteroatoms. The Balaban J connectivity index is 1.37. The number of hydrogen-bond acceptors (Lipinski definition) is 3. The number of hydrogen-bond donors (Lipinski definition) is 1. The fourth-order valence-corrected chi connectivity index (χ4v) is 5.12. The van der Waals surface area contributed by atoms with E-state index in [0.717, 1.165) is 33.8 Å². The van der Waals surface area contributed by atoms with E-state index in [0.29, 0.717) is 30.1 Å². The van der Waals surface area contributed by atoms with Gasteiger partial charge in [-0.05, 0) is 78.6 Å². The van der Waals surface area contributed by atoms with Crippen molar-refractivity contribution in [3.63, 3.8) is 0 Å². The highest BCUT2D eigenvalue weighted by molar-refractivity contribution is 6.31. The van der Waals surface area contributed by atoms with Gasteiger partial charge in [0.25, 0.3) is 5.91 Å². The highest BCUT2D eigenvalue weighted by Gasteiger charge is 2.35. The molecule has 3 atom stereocenters. The Labute approximate surface area is 213 Å². The third-order valence-electron chi connectivity index (χ3n) is 7.08. The number of rotatable bonds is 7. The van der Waals surface area contributed by atoms with Crippen LogP contribution in [0.3, 0.4) is 0 Å². The highest BCUT2D eigenvalue weighted by Crippen LogP contribution is 2.44. The summed E-state index contributed by atoms with van der Waals surface area (Å²) in [6.45, 7) is 9.14. The molecule has 0 spiro atoms. The predicted octanol–water partition coefficient (Wildman–Crippen LogP) is 7.49. The van der Waals surface area contributed by atoms with Crippen LogP contribution in [0.4, 0.5) is 5.69 Å². The van der Waals surface area contributed by atoms with E-state index in [4.69, 9.17) is 21.1 Å². The molecular weight excluding hydrogens is 458 g/mol. The van der Waals surface area contributed by atoms with Gasteiger partial charge in [-0.2, -0.15) is 0 Å². The van der Waals surface area contributed by atoms with E-state index in [1.165, 1.54) is 5.56 Å². The SMILES string of the molecule is Cc1cccc(NC(=O)COc2ccc([C@@H]3OC[C@@H](c4ccccc4Cl)C[C@H]3C(C)C)cc2)c1C. The fraction of sp³-hybridized carbons (Fsp3) is 0.367. The van der Waals surface area contributed by atoms with Crippen LogP contribution in [0.1, 0.15) is 54.5 Å². The van der Waals surface area contributed by atoms with Crippen molar-refractivity contribution < 1.29 is 14.3 Å². The minimum absolute atomic E-state index is 0.0235. The molecule has 0 saturated carbocycles. The number of amides is 1. The van der Waals surface area contributed by atoms with E-state index in [1.54, 1.807) is 0 Å². The quantitative estimate of drug-likeness (QED) is 0.372. The molecule has 1 N–H and O–H groups in total. The first-order chi connectivity index (χ1) is 16.8. The number of benzene rings is 3. The molecule has 3 aromatic carbocycles. The lowest BCUT2D eigenvalue weighted by Crippen LogP contribution is -2.31. The maximum Gasteiger partial charge on any atom is 0.262 e. The number of carbonyl (C=O) groups is 1. The van der Waals surface area contributed by atoms with Gasteiger partial charge in [0.2, 0.25) is 0 Å². The Morgan fingerprint density at radius 3 is 2.51 bits per heavy atom. The molecule has 0 aromatic heterocycles. The van der Waals surface area contributed by atoms with Crippen LogP contribution in [0.15, 0.2) is 66.7 Å². The molecule has 3 aromatic rings. The van der Waals surface area contributed by atoms with E-state index >= 15 is 0 Å². The van der Waals surface area contributed by atoms with Crippen LogP contribution < -0.4 is 10.1 Å². The summed E-state index contributed by atoms with van der Waals surface area (Å²) in [6, 6.07) is 21.9. The maximum atomic E-state index is 12.4. The Bertz CT molecular complexity index is 1160. The largest absolute Gasteiger partial charge is 0.484 e. The first-order valence-electron chi connectivity index (χ1n) is 12.3. The zero-order valence-corrected chi connectivity index (χ0v) is 21.6. The van der Waals surface area contributed by atoms with E-state index in [2.05, 4.69) is 25.2 Å². The Morgan fingerprint density at radius 2 is 1.80 bits per heavy atom. The number of anilines is 1. The third-order valence-corrected chi connectivity index (χ3v) is 7.43. The van der Waals surface area contributed by atoms with Crippen LogP contribution in [0.5, 0.6) is 5.75 Å². The van der Waals surface area contributed by atoms with Crippen molar-refractivity contribution in [2.75, 3.05) is 18.5 Å². The molecule has 1 saturated heterocycles. The lowest BCUT2D eigenvalue weighted by Gasteiger charge is -2.39.